The van der Waals surface area contributed by atoms with E-state index >= 15 is 0 Å². The lowest BCUT2D eigenvalue weighted by atomic mass is 9.92. The molecule has 0 bridgehead atoms. The van der Waals surface area contributed by atoms with Crippen LogP contribution >= 0.6 is 15.9 Å². The third kappa shape index (κ3) is 2.93. The number of rotatable bonds is 2. The number of likely N-dealkylation sites (tertiary alicyclic amines) is 1. The third-order valence-electron chi connectivity index (χ3n) is 3.59. The maximum atomic E-state index is 12.4. The summed E-state index contributed by atoms with van der Waals surface area (Å²) in [6.07, 6.45) is 2.17. The largest absolute Gasteiger partial charge is 0.338 e. The van der Waals surface area contributed by atoms with Crippen LogP contribution in [0.3, 0.4) is 0 Å². The van der Waals surface area contributed by atoms with E-state index in [1.807, 2.05) is 36.1 Å². The van der Waals surface area contributed by atoms with Crippen LogP contribution in [0.5, 0.6) is 0 Å². The van der Waals surface area contributed by atoms with Crippen molar-refractivity contribution in [2.24, 2.45) is 11.7 Å². The van der Waals surface area contributed by atoms with Crippen molar-refractivity contribution in [3.8, 4) is 0 Å². The minimum Gasteiger partial charge on any atom is -0.338 e. The number of piperidine rings is 1. The molecule has 0 spiro atoms. The number of benzene rings is 1. The third-order valence-corrected chi connectivity index (χ3v) is 4.28. The Hall–Kier alpha value is -0.870. The summed E-state index contributed by atoms with van der Waals surface area (Å²) in [4.78, 5) is 14.4. The van der Waals surface area contributed by atoms with Crippen LogP contribution in [0.4, 0.5) is 0 Å². The van der Waals surface area contributed by atoms with Gasteiger partial charge in [0.15, 0.2) is 0 Å². The molecule has 0 saturated carbocycles. The minimum atomic E-state index is 0.104. The topological polar surface area (TPSA) is 46.3 Å². The number of hydrogen-bond acceptors (Lipinski definition) is 2. The molecule has 0 unspecified atom stereocenters. The first-order valence-electron chi connectivity index (χ1n) is 6.39. The number of carbonyl (C=O) groups is 1. The Morgan fingerprint density at radius 1 is 1.50 bits per heavy atom. The van der Waals surface area contributed by atoms with Gasteiger partial charge in [-0.1, -0.05) is 12.1 Å². The molecule has 1 amide bonds. The van der Waals surface area contributed by atoms with Gasteiger partial charge in [0.05, 0.1) is 5.56 Å². The zero-order valence-corrected chi connectivity index (χ0v) is 12.2. The first kappa shape index (κ1) is 13.6. The van der Waals surface area contributed by atoms with Gasteiger partial charge < -0.3 is 10.6 Å². The fraction of sp³-hybridized carbons (Fsp3) is 0.500. The lowest BCUT2D eigenvalue weighted by molar-refractivity contribution is 0.0660. The summed E-state index contributed by atoms with van der Waals surface area (Å²) >= 11 is 3.44. The van der Waals surface area contributed by atoms with Gasteiger partial charge in [-0.05, 0) is 53.7 Å². The second-order valence-corrected chi connectivity index (χ2v) is 5.85. The molecule has 0 radical (unpaired) electrons. The van der Waals surface area contributed by atoms with Crippen molar-refractivity contribution in [2.75, 3.05) is 13.1 Å². The molecular formula is C14H19BrN2O. The highest BCUT2D eigenvalue weighted by molar-refractivity contribution is 9.10. The molecule has 1 aromatic carbocycles. The first-order valence-corrected chi connectivity index (χ1v) is 7.18. The van der Waals surface area contributed by atoms with Crippen LogP contribution in [0.1, 0.15) is 30.1 Å². The van der Waals surface area contributed by atoms with Crippen LogP contribution in [-0.2, 0) is 0 Å². The smallest absolute Gasteiger partial charge is 0.255 e. The second-order valence-electron chi connectivity index (χ2n) is 4.99. The maximum absolute atomic E-state index is 12.4. The van der Waals surface area contributed by atoms with Gasteiger partial charge in [0.2, 0.25) is 0 Å². The van der Waals surface area contributed by atoms with Gasteiger partial charge in [-0.25, -0.2) is 0 Å². The highest BCUT2D eigenvalue weighted by atomic mass is 79.9. The summed E-state index contributed by atoms with van der Waals surface area (Å²) in [6.45, 7) is 3.64. The summed E-state index contributed by atoms with van der Waals surface area (Å²) in [7, 11) is 0. The average Bonchev–Trinajstić information content (AvgIpc) is 2.38. The lowest BCUT2D eigenvalue weighted by Crippen LogP contribution is -2.45. The zero-order chi connectivity index (χ0) is 13.1. The van der Waals surface area contributed by atoms with Crippen molar-refractivity contribution in [2.45, 2.75) is 25.8 Å². The fourth-order valence-corrected chi connectivity index (χ4v) is 2.88. The normalized spacial score (nSPS) is 21.7. The molecule has 4 heteroatoms. The molecule has 0 aliphatic carbocycles. The van der Waals surface area contributed by atoms with Crippen molar-refractivity contribution in [3.05, 3.63) is 34.3 Å². The predicted molar refractivity (Wildman–Crippen MR) is 76.4 cm³/mol. The monoisotopic (exact) mass is 310 g/mol. The second kappa shape index (κ2) is 5.85. The Bertz CT molecular complexity index is 434. The van der Waals surface area contributed by atoms with Crippen molar-refractivity contribution < 1.29 is 4.79 Å². The summed E-state index contributed by atoms with van der Waals surface area (Å²) in [5.41, 5.74) is 6.69. The molecule has 1 aromatic rings. The summed E-state index contributed by atoms with van der Waals surface area (Å²) in [5, 5.41) is 0. The standard InChI is InChI=1S/C14H19BrN2O/c1-10(16)11-5-4-8-17(9-11)14(18)12-6-2-3-7-13(12)15/h2-3,6-7,10-11H,4-5,8-9,16H2,1H3/t10-,11-/m0/s1. The van der Waals surface area contributed by atoms with Crippen LogP contribution in [0.25, 0.3) is 0 Å². The Morgan fingerprint density at radius 2 is 2.22 bits per heavy atom. The van der Waals surface area contributed by atoms with E-state index < -0.39 is 0 Å². The van der Waals surface area contributed by atoms with E-state index in [1.165, 1.54) is 0 Å². The molecule has 1 aliphatic heterocycles. The Kier molecular flexibility index (Phi) is 4.40. The van der Waals surface area contributed by atoms with Crippen LogP contribution < -0.4 is 5.73 Å². The average molecular weight is 311 g/mol. The maximum Gasteiger partial charge on any atom is 0.255 e. The lowest BCUT2D eigenvalue weighted by Gasteiger charge is -2.34. The summed E-state index contributed by atoms with van der Waals surface area (Å²) in [5.74, 6) is 0.526. The molecule has 2 rings (SSSR count). The minimum absolute atomic E-state index is 0.104. The van der Waals surface area contributed by atoms with Gasteiger partial charge in [0, 0.05) is 23.6 Å². The van der Waals surface area contributed by atoms with E-state index in [4.69, 9.17) is 5.73 Å². The highest BCUT2D eigenvalue weighted by Gasteiger charge is 2.27. The van der Waals surface area contributed by atoms with Gasteiger partial charge in [0.1, 0.15) is 0 Å². The molecule has 2 N–H and O–H groups in total. The van der Waals surface area contributed by atoms with E-state index in [1.54, 1.807) is 0 Å². The highest BCUT2D eigenvalue weighted by Crippen LogP contribution is 2.23. The SMILES string of the molecule is C[C@H](N)[C@H]1CCCN(C(=O)c2ccccc2Br)C1. The fourth-order valence-electron chi connectivity index (χ4n) is 2.43. The van der Waals surface area contributed by atoms with E-state index in [2.05, 4.69) is 15.9 Å². The van der Waals surface area contributed by atoms with Crippen molar-refractivity contribution in [1.29, 1.82) is 0 Å². The quantitative estimate of drug-likeness (QED) is 0.913. The molecule has 1 heterocycles. The predicted octanol–water partition coefficient (Wildman–Crippen LogP) is 2.65. The molecule has 1 aliphatic rings. The molecular weight excluding hydrogens is 292 g/mol. The number of hydrogen-bond donors (Lipinski definition) is 1. The van der Waals surface area contributed by atoms with E-state index in [0.717, 1.165) is 36.0 Å². The first-order chi connectivity index (χ1) is 8.59. The van der Waals surface area contributed by atoms with Gasteiger partial charge in [-0.2, -0.15) is 0 Å². The Balaban J connectivity index is 2.12. The molecule has 1 saturated heterocycles. The van der Waals surface area contributed by atoms with Gasteiger partial charge in [-0.15, -0.1) is 0 Å². The number of nitrogens with zero attached hydrogens (tertiary/aromatic N) is 1. The summed E-state index contributed by atoms with van der Waals surface area (Å²) in [6, 6.07) is 7.73. The van der Waals surface area contributed by atoms with Crippen LogP contribution in [0, 0.1) is 5.92 Å². The molecule has 0 aromatic heterocycles. The van der Waals surface area contributed by atoms with Crippen LogP contribution in [-0.4, -0.2) is 29.9 Å². The van der Waals surface area contributed by atoms with Crippen molar-refractivity contribution in [1.82, 2.24) is 4.90 Å². The van der Waals surface area contributed by atoms with Crippen LogP contribution in [0.2, 0.25) is 0 Å². The van der Waals surface area contributed by atoms with Crippen molar-refractivity contribution >= 4 is 21.8 Å². The Labute approximate surface area is 116 Å². The molecule has 1 fully saturated rings. The Morgan fingerprint density at radius 3 is 2.89 bits per heavy atom. The van der Waals surface area contributed by atoms with E-state index in [0.29, 0.717) is 5.92 Å². The van der Waals surface area contributed by atoms with E-state index in [9.17, 15) is 4.79 Å². The van der Waals surface area contributed by atoms with Crippen molar-refractivity contribution in [3.63, 3.8) is 0 Å². The number of carbonyl (C=O) groups excluding carboxylic acids is 1. The number of nitrogens with two attached hydrogens (primary N) is 1. The zero-order valence-electron chi connectivity index (χ0n) is 10.6. The van der Waals surface area contributed by atoms with Gasteiger partial charge in [-0.3, -0.25) is 4.79 Å². The molecule has 98 valence electrons. The van der Waals surface area contributed by atoms with E-state index in [-0.39, 0.29) is 11.9 Å². The molecule has 3 nitrogen and oxygen atoms in total. The molecule has 18 heavy (non-hydrogen) atoms. The van der Waals surface area contributed by atoms with Gasteiger partial charge in [0.25, 0.3) is 5.91 Å². The number of halogens is 1. The van der Waals surface area contributed by atoms with Gasteiger partial charge >= 0.3 is 0 Å². The van der Waals surface area contributed by atoms with Crippen LogP contribution in [0.15, 0.2) is 28.7 Å². The number of amides is 1. The molecule has 2 atom stereocenters. The summed E-state index contributed by atoms with van der Waals surface area (Å²) < 4.78 is 0.859.